The van der Waals surface area contributed by atoms with Gasteiger partial charge in [-0.15, -0.1) is 11.3 Å². The number of nitrogens with one attached hydrogen (secondary N) is 1. The van der Waals surface area contributed by atoms with Crippen LogP contribution in [0, 0.1) is 4.77 Å². The Morgan fingerprint density at radius 2 is 2.37 bits per heavy atom. The Balaban J connectivity index is 1.97. The molecule has 2 aromatic rings. The van der Waals surface area contributed by atoms with Gasteiger partial charge in [0.1, 0.15) is 0 Å². The number of aromatic amines is 1. The predicted octanol–water partition coefficient (Wildman–Crippen LogP) is 3.32. The Morgan fingerprint density at radius 1 is 1.53 bits per heavy atom. The van der Waals surface area contributed by atoms with E-state index in [1.807, 2.05) is 0 Å². The van der Waals surface area contributed by atoms with Gasteiger partial charge in [-0.25, -0.2) is 0 Å². The van der Waals surface area contributed by atoms with Crippen LogP contribution < -0.4 is 0 Å². The van der Waals surface area contributed by atoms with Crippen molar-refractivity contribution in [2.45, 2.75) is 31.8 Å². The molecule has 0 saturated carbocycles. The first-order chi connectivity index (χ1) is 9.16. The molecule has 0 radical (unpaired) electrons. The molecule has 4 nitrogen and oxygen atoms in total. The largest absolute Gasteiger partial charge is 0.304 e. The molecule has 0 aromatic carbocycles. The van der Waals surface area contributed by atoms with E-state index in [1.54, 1.807) is 11.3 Å². The summed E-state index contributed by atoms with van der Waals surface area (Å²) in [5.74, 6) is 0.988. The summed E-state index contributed by atoms with van der Waals surface area (Å²) in [6.07, 6.45) is 2.26. The SMILES string of the molecule is CC1CC(n2c(-c3cccs3)n[nH]c2=S)CCN1C. The lowest BCUT2D eigenvalue weighted by Gasteiger charge is -2.35. The summed E-state index contributed by atoms with van der Waals surface area (Å²) < 4.78 is 2.95. The highest BCUT2D eigenvalue weighted by molar-refractivity contribution is 7.71. The quantitative estimate of drug-likeness (QED) is 0.863. The van der Waals surface area contributed by atoms with E-state index in [4.69, 9.17) is 12.2 Å². The highest BCUT2D eigenvalue weighted by atomic mass is 32.1. The first-order valence-corrected chi connectivity index (χ1v) is 7.86. The topological polar surface area (TPSA) is 36.9 Å². The zero-order valence-electron chi connectivity index (χ0n) is 11.2. The Labute approximate surface area is 122 Å². The third-order valence-corrected chi connectivity index (χ3v) is 5.15. The molecule has 102 valence electrons. The summed E-state index contributed by atoms with van der Waals surface area (Å²) in [6, 6.07) is 5.20. The molecule has 2 atom stereocenters. The van der Waals surface area contributed by atoms with E-state index in [-0.39, 0.29) is 0 Å². The molecule has 19 heavy (non-hydrogen) atoms. The Bertz CT molecular complexity index is 598. The number of H-pyrrole nitrogens is 1. The highest BCUT2D eigenvalue weighted by Gasteiger charge is 2.26. The Kier molecular flexibility index (Phi) is 3.56. The summed E-state index contributed by atoms with van der Waals surface area (Å²) in [5, 5.41) is 9.46. The van der Waals surface area contributed by atoms with Gasteiger partial charge in [-0.05, 0) is 50.5 Å². The van der Waals surface area contributed by atoms with Gasteiger partial charge in [-0.2, -0.15) is 5.10 Å². The maximum absolute atomic E-state index is 5.43. The van der Waals surface area contributed by atoms with E-state index in [2.05, 4.69) is 51.1 Å². The van der Waals surface area contributed by atoms with Crippen LogP contribution in [0.15, 0.2) is 17.5 Å². The van der Waals surface area contributed by atoms with Gasteiger partial charge >= 0.3 is 0 Å². The van der Waals surface area contributed by atoms with Crippen molar-refractivity contribution in [1.82, 2.24) is 19.7 Å². The van der Waals surface area contributed by atoms with Crippen molar-refractivity contribution >= 4 is 23.6 Å². The van der Waals surface area contributed by atoms with E-state index in [9.17, 15) is 0 Å². The minimum Gasteiger partial charge on any atom is -0.304 e. The van der Waals surface area contributed by atoms with Crippen LogP contribution >= 0.6 is 23.6 Å². The van der Waals surface area contributed by atoms with Crippen LogP contribution in [0.3, 0.4) is 0 Å². The fourth-order valence-electron chi connectivity index (χ4n) is 2.72. The van der Waals surface area contributed by atoms with Crippen molar-refractivity contribution in [3.63, 3.8) is 0 Å². The number of thiophene rings is 1. The van der Waals surface area contributed by atoms with Gasteiger partial charge in [0.2, 0.25) is 0 Å². The molecule has 1 saturated heterocycles. The first-order valence-electron chi connectivity index (χ1n) is 6.58. The Hall–Kier alpha value is -0.980. The standard InChI is InChI=1S/C13H18N4S2/c1-9-8-10(5-6-16(9)2)17-12(14-15-13(17)18)11-4-3-7-19-11/h3-4,7,9-10H,5-6,8H2,1-2H3,(H,15,18). The fourth-order valence-corrected chi connectivity index (χ4v) is 3.71. The smallest absolute Gasteiger partial charge is 0.195 e. The van der Waals surface area contributed by atoms with Gasteiger partial charge in [0, 0.05) is 18.6 Å². The molecule has 1 aliphatic heterocycles. The minimum absolute atomic E-state index is 0.453. The second-order valence-corrected chi connectivity index (χ2v) is 6.54. The predicted molar refractivity (Wildman–Crippen MR) is 81.1 cm³/mol. The average Bonchev–Trinajstić information content (AvgIpc) is 3.01. The van der Waals surface area contributed by atoms with E-state index >= 15 is 0 Å². The van der Waals surface area contributed by atoms with Gasteiger partial charge in [0.15, 0.2) is 10.6 Å². The van der Waals surface area contributed by atoms with Gasteiger partial charge in [0.25, 0.3) is 0 Å². The van der Waals surface area contributed by atoms with Gasteiger partial charge in [0.05, 0.1) is 4.88 Å². The third kappa shape index (κ3) is 2.40. The molecule has 3 heterocycles. The van der Waals surface area contributed by atoms with Crippen LogP contribution in [0.1, 0.15) is 25.8 Å². The van der Waals surface area contributed by atoms with Gasteiger partial charge in [-0.1, -0.05) is 6.07 Å². The second-order valence-electron chi connectivity index (χ2n) is 5.21. The maximum Gasteiger partial charge on any atom is 0.195 e. The average molecular weight is 294 g/mol. The molecule has 3 rings (SSSR count). The van der Waals surface area contributed by atoms with Crippen molar-refractivity contribution in [3.8, 4) is 10.7 Å². The van der Waals surface area contributed by atoms with Crippen molar-refractivity contribution in [2.75, 3.05) is 13.6 Å². The lowest BCUT2D eigenvalue weighted by Crippen LogP contribution is -2.38. The molecule has 1 aliphatic rings. The number of likely N-dealkylation sites (tertiary alicyclic amines) is 1. The molecule has 0 bridgehead atoms. The van der Waals surface area contributed by atoms with Crippen molar-refractivity contribution in [1.29, 1.82) is 0 Å². The molecule has 1 N–H and O–H groups in total. The van der Waals surface area contributed by atoms with Crippen molar-refractivity contribution < 1.29 is 0 Å². The third-order valence-electron chi connectivity index (χ3n) is 3.99. The second kappa shape index (κ2) is 5.19. The summed E-state index contributed by atoms with van der Waals surface area (Å²) >= 11 is 7.14. The zero-order chi connectivity index (χ0) is 13.4. The zero-order valence-corrected chi connectivity index (χ0v) is 12.8. The maximum atomic E-state index is 5.43. The van der Waals surface area contributed by atoms with Crippen LogP contribution in [-0.4, -0.2) is 39.3 Å². The number of rotatable bonds is 2. The molecular formula is C13H18N4S2. The molecule has 6 heteroatoms. The number of piperidine rings is 1. The number of hydrogen-bond acceptors (Lipinski definition) is 4. The molecule has 2 unspecified atom stereocenters. The van der Waals surface area contributed by atoms with Crippen LogP contribution in [0.5, 0.6) is 0 Å². The number of aromatic nitrogens is 3. The van der Waals surface area contributed by atoms with Crippen LogP contribution in [0.4, 0.5) is 0 Å². The molecular weight excluding hydrogens is 276 g/mol. The molecule has 2 aromatic heterocycles. The Morgan fingerprint density at radius 3 is 3.05 bits per heavy atom. The fraction of sp³-hybridized carbons (Fsp3) is 0.538. The van der Waals surface area contributed by atoms with E-state index in [0.717, 1.165) is 30.0 Å². The lowest BCUT2D eigenvalue weighted by molar-refractivity contribution is 0.157. The molecule has 0 aliphatic carbocycles. The summed E-state index contributed by atoms with van der Waals surface area (Å²) in [4.78, 5) is 3.59. The molecule has 1 fully saturated rings. The van der Waals surface area contributed by atoms with Crippen molar-refractivity contribution in [3.05, 3.63) is 22.3 Å². The van der Waals surface area contributed by atoms with Crippen LogP contribution in [-0.2, 0) is 0 Å². The highest BCUT2D eigenvalue weighted by Crippen LogP contribution is 2.31. The number of nitrogens with zero attached hydrogens (tertiary/aromatic N) is 3. The van der Waals surface area contributed by atoms with Crippen molar-refractivity contribution in [2.24, 2.45) is 0 Å². The van der Waals surface area contributed by atoms with E-state index in [0.29, 0.717) is 12.1 Å². The van der Waals surface area contributed by atoms with E-state index in [1.165, 1.54) is 4.88 Å². The van der Waals surface area contributed by atoms with Crippen LogP contribution in [0.2, 0.25) is 0 Å². The normalized spacial score (nSPS) is 24.7. The van der Waals surface area contributed by atoms with Gasteiger partial charge in [-0.3, -0.25) is 9.67 Å². The first kappa shape index (κ1) is 13.0. The van der Waals surface area contributed by atoms with Gasteiger partial charge < -0.3 is 4.90 Å². The molecule has 0 spiro atoms. The number of hydrogen-bond donors (Lipinski definition) is 1. The monoisotopic (exact) mass is 294 g/mol. The molecule has 0 amide bonds. The summed E-state index contributed by atoms with van der Waals surface area (Å²) in [5.41, 5.74) is 0. The lowest BCUT2D eigenvalue weighted by atomic mass is 9.98. The minimum atomic E-state index is 0.453. The summed E-state index contributed by atoms with van der Waals surface area (Å²) in [7, 11) is 2.19. The van der Waals surface area contributed by atoms with Crippen LogP contribution in [0.25, 0.3) is 10.7 Å². The van der Waals surface area contributed by atoms with E-state index < -0.39 is 0 Å². The summed E-state index contributed by atoms with van der Waals surface area (Å²) in [6.45, 7) is 3.39.